The molecular formula is C21H21NO2. The van der Waals surface area contributed by atoms with Crippen LogP contribution in [0.4, 0.5) is 0 Å². The van der Waals surface area contributed by atoms with Crippen molar-refractivity contribution >= 4 is 16.7 Å². The third-order valence-corrected chi connectivity index (χ3v) is 3.87. The molecule has 0 saturated heterocycles. The number of hydrogen-bond donors (Lipinski definition) is 1. The average molecular weight is 319 g/mol. The number of carbonyl (C=O) groups excluding carboxylic acids is 1. The Morgan fingerprint density at radius 3 is 2.46 bits per heavy atom. The fourth-order valence-electron chi connectivity index (χ4n) is 2.57. The number of rotatable bonds is 7. The van der Waals surface area contributed by atoms with Crippen LogP contribution in [0.2, 0.25) is 0 Å². The molecule has 0 aliphatic carbocycles. The van der Waals surface area contributed by atoms with Gasteiger partial charge in [0.05, 0.1) is 6.61 Å². The van der Waals surface area contributed by atoms with E-state index in [4.69, 9.17) is 4.74 Å². The summed E-state index contributed by atoms with van der Waals surface area (Å²) in [5, 5.41) is 5.17. The summed E-state index contributed by atoms with van der Waals surface area (Å²) in [5.74, 6) is -0.0381. The van der Waals surface area contributed by atoms with Crippen LogP contribution < -0.4 is 5.32 Å². The zero-order valence-corrected chi connectivity index (χ0v) is 13.6. The molecule has 0 bridgehead atoms. The van der Waals surface area contributed by atoms with Crippen molar-refractivity contribution in [2.24, 2.45) is 0 Å². The van der Waals surface area contributed by atoms with Crippen molar-refractivity contribution in [3.05, 3.63) is 83.9 Å². The molecule has 3 nitrogen and oxygen atoms in total. The number of benzene rings is 3. The Bertz CT molecular complexity index is 799. The molecule has 1 amide bonds. The number of ether oxygens (including phenoxy) is 1. The van der Waals surface area contributed by atoms with E-state index in [2.05, 4.69) is 5.32 Å². The quantitative estimate of drug-likeness (QED) is 0.664. The van der Waals surface area contributed by atoms with E-state index < -0.39 is 0 Å². The summed E-state index contributed by atoms with van der Waals surface area (Å²) in [6.07, 6.45) is 0.798. The lowest BCUT2D eigenvalue weighted by Gasteiger charge is -2.07. The molecule has 24 heavy (non-hydrogen) atoms. The van der Waals surface area contributed by atoms with E-state index in [-0.39, 0.29) is 5.91 Å². The van der Waals surface area contributed by atoms with E-state index in [1.807, 2.05) is 72.8 Å². The van der Waals surface area contributed by atoms with Crippen LogP contribution in [0.25, 0.3) is 10.8 Å². The molecule has 0 unspecified atom stereocenters. The smallest absolute Gasteiger partial charge is 0.251 e. The van der Waals surface area contributed by atoms with Gasteiger partial charge in [-0.05, 0) is 34.9 Å². The lowest BCUT2D eigenvalue weighted by molar-refractivity contribution is 0.0934. The molecule has 0 atom stereocenters. The van der Waals surface area contributed by atoms with E-state index in [0.29, 0.717) is 25.3 Å². The highest BCUT2D eigenvalue weighted by Gasteiger charge is 2.05. The fourth-order valence-corrected chi connectivity index (χ4v) is 2.57. The molecule has 122 valence electrons. The van der Waals surface area contributed by atoms with E-state index in [1.165, 1.54) is 0 Å². The number of fused-ring (bicyclic) bond motifs is 1. The maximum absolute atomic E-state index is 12.2. The second-order valence-electron chi connectivity index (χ2n) is 5.71. The third-order valence-electron chi connectivity index (χ3n) is 3.87. The van der Waals surface area contributed by atoms with Crippen molar-refractivity contribution in [3.8, 4) is 0 Å². The SMILES string of the molecule is O=C(NCCCOCc1ccccc1)c1ccc2ccccc2c1. The first-order valence-corrected chi connectivity index (χ1v) is 8.21. The number of nitrogens with one attached hydrogen (secondary N) is 1. The van der Waals surface area contributed by atoms with Crippen LogP contribution in [0, 0.1) is 0 Å². The lowest BCUT2D eigenvalue weighted by atomic mass is 10.1. The van der Waals surface area contributed by atoms with Crippen molar-refractivity contribution < 1.29 is 9.53 Å². The summed E-state index contributed by atoms with van der Waals surface area (Å²) >= 11 is 0. The Labute approximate surface area is 142 Å². The van der Waals surface area contributed by atoms with Gasteiger partial charge in [-0.25, -0.2) is 0 Å². The van der Waals surface area contributed by atoms with Gasteiger partial charge in [0.1, 0.15) is 0 Å². The molecule has 0 aromatic heterocycles. The van der Waals surface area contributed by atoms with E-state index >= 15 is 0 Å². The average Bonchev–Trinajstić information content (AvgIpc) is 2.65. The van der Waals surface area contributed by atoms with Crippen LogP contribution in [0.5, 0.6) is 0 Å². The van der Waals surface area contributed by atoms with Gasteiger partial charge in [-0.2, -0.15) is 0 Å². The van der Waals surface area contributed by atoms with Gasteiger partial charge in [-0.3, -0.25) is 4.79 Å². The van der Waals surface area contributed by atoms with Crippen LogP contribution in [-0.2, 0) is 11.3 Å². The highest BCUT2D eigenvalue weighted by atomic mass is 16.5. The maximum Gasteiger partial charge on any atom is 0.251 e. The van der Waals surface area contributed by atoms with Crippen molar-refractivity contribution in [3.63, 3.8) is 0 Å². The Hall–Kier alpha value is -2.65. The van der Waals surface area contributed by atoms with E-state index in [0.717, 1.165) is 22.8 Å². The first-order chi connectivity index (χ1) is 11.8. The van der Waals surface area contributed by atoms with Crippen LogP contribution in [0.3, 0.4) is 0 Å². The maximum atomic E-state index is 12.2. The van der Waals surface area contributed by atoms with Gasteiger partial charge < -0.3 is 10.1 Å². The topological polar surface area (TPSA) is 38.3 Å². The molecule has 3 aromatic carbocycles. The summed E-state index contributed by atoms with van der Waals surface area (Å²) in [6, 6.07) is 23.9. The van der Waals surface area contributed by atoms with Crippen molar-refractivity contribution in [2.75, 3.05) is 13.2 Å². The lowest BCUT2D eigenvalue weighted by Crippen LogP contribution is -2.25. The minimum absolute atomic E-state index is 0.0381. The van der Waals surface area contributed by atoms with Gasteiger partial charge in [0.15, 0.2) is 0 Å². The summed E-state index contributed by atoms with van der Waals surface area (Å²) in [7, 11) is 0. The van der Waals surface area contributed by atoms with Crippen LogP contribution in [0.15, 0.2) is 72.8 Å². The molecule has 0 aliphatic rings. The fraction of sp³-hybridized carbons (Fsp3) is 0.190. The predicted octanol–water partition coefficient (Wildman–Crippen LogP) is 4.18. The number of carbonyl (C=O) groups is 1. The standard InChI is InChI=1S/C21H21NO2/c23-21(20-12-11-18-9-4-5-10-19(18)15-20)22-13-6-14-24-16-17-7-2-1-3-8-17/h1-5,7-12,15H,6,13-14,16H2,(H,22,23). The van der Waals surface area contributed by atoms with Crippen molar-refractivity contribution in [1.29, 1.82) is 0 Å². The molecule has 3 rings (SSSR count). The molecular weight excluding hydrogens is 298 g/mol. The Balaban J connectivity index is 1.40. The second kappa shape index (κ2) is 8.27. The minimum atomic E-state index is -0.0381. The summed E-state index contributed by atoms with van der Waals surface area (Å²) in [5.41, 5.74) is 1.86. The van der Waals surface area contributed by atoms with Crippen LogP contribution in [0.1, 0.15) is 22.3 Å². The first kappa shape index (κ1) is 16.2. The highest BCUT2D eigenvalue weighted by Crippen LogP contribution is 2.15. The molecule has 0 spiro atoms. The van der Waals surface area contributed by atoms with E-state index in [9.17, 15) is 4.79 Å². The van der Waals surface area contributed by atoms with Gasteiger partial charge in [-0.1, -0.05) is 60.7 Å². The molecule has 0 fully saturated rings. The van der Waals surface area contributed by atoms with Gasteiger partial charge in [-0.15, -0.1) is 0 Å². The summed E-state index contributed by atoms with van der Waals surface area (Å²) in [4.78, 5) is 12.2. The van der Waals surface area contributed by atoms with Crippen molar-refractivity contribution in [1.82, 2.24) is 5.32 Å². The molecule has 0 radical (unpaired) electrons. The van der Waals surface area contributed by atoms with Gasteiger partial charge in [0.2, 0.25) is 0 Å². The molecule has 0 heterocycles. The summed E-state index contributed by atoms with van der Waals surface area (Å²) < 4.78 is 5.61. The highest BCUT2D eigenvalue weighted by molar-refractivity contribution is 5.98. The molecule has 1 N–H and O–H groups in total. The Morgan fingerprint density at radius 2 is 1.62 bits per heavy atom. The van der Waals surface area contributed by atoms with Gasteiger partial charge in [0, 0.05) is 18.7 Å². The molecule has 3 heteroatoms. The summed E-state index contributed by atoms with van der Waals surface area (Å²) in [6.45, 7) is 1.85. The Kier molecular flexibility index (Phi) is 5.59. The van der Waals surface area contributed by atoms with Gasteiger partial charge in [0.25, 0.3) is 5.91 Å². The second-order valence-corrected chi connectivity index (χ2v) is 5.71. The Morgan fingerprint density at radius 1 is 0.875 bits per heavy atom. The van der Waals surface area contributed by atoms with Crippen LogP contribution >= 0.6 is 0 Å². The van der Waals surface area contributed by atoms with E-state index in [1.54, 1.807) is 0 Å². The number of amides is 1. The van der Waals surface area contributed by atoms with Crippen molar-refractivity contribution in [2.45, 2.75) is 13.0 Å². The largest absolute Gasteiger partial charge is 0.377 e. The zero-order chi connectivity index (χ0) is 16.6. The van der Waals surface area contributed by atoms with Crippen LogP contribution in [-0.4, -0.2) is 19.1 Å². The minimum Gasteiger partial charge on any atom is -0.377 e. The molecule has 0 saturated carbocycles. The number of hydrogen-bond acceptors (Lipinski definition) is 2. The predicted molar refractivity (Wildman–Crippen MR) is 97.0 cm³/mol. The van der Waals surface area contributed by atoms with Gasteiger partial charge >= 0.3 is 0 Å². The first-order valence-electron chi connectivity index (χ1n) is 8.21. The molecule has 3 aromatic rings. The zero-order valence-electron chi connectivity index (χ0n) is 13.6. The molecule has 0 aliphatic heterocycles. The normalized spacial score (nSPS) is 10.7. The monoisotopic (exact) mass is 319 g/mol. The third kappa shape index (κ3) is 4.43.